The number of aliphatic hydroxyl groups is 3. The van der Waals surface area contributed by atoms with Crippen LogP contribution in [0.25, 0.3) is 11.2 Å². The van der Waals surface area contributed by atoms with Gasteiger partial charge in [-0.1, -0.05) is 48.3 Å². The summed E-state index contributed by atoms with van der Waals surface area (Å²) < 4.78 is 7.63. The molecule has 0 aromatic carbocycles. The van der Waals surface area contributed by atoms with Crippen LogP contribution in [-0.2, 0) is 9.53 Å². The van der Waals surface area contributed by atoms with E-state index in [9.17, 15) is 20.1 Å². The highest BCUT2D eigenvalue weighted by Crippen LogP contribution is 2.32. The summed E-state index contributed by atoms with van der Waals surface area (Å²) >= 11 is 2.06. The lowest BCUT2D eigenvalue weighted by Gasteiger charge is -2.16. The molecule has 1 aliphatic rings. The largest absolute Gasteiger partial charge is 0.394 e. The summed E-state index contributed by atoms with van der Waals surface area (Å²) in [5.74, 6) is 0.700. The Morgan fingerprint density at radius 2 is 1.78 bits per heavy atom. The second-order valence-corrected chi connectivity index (χ2v) is 8.57. The Labute approximate surface area is 200 Å². The van der Waals surface area contributed by atoms with Gasteiger partial charge in [-0.2, -0.15) is 0 Å². The van der Waals surface area contributed by atoms with Gasteiger partial charge < -0.3 is 30.7 Å². The number of aromatic nitrogens is 4. The van der Waals surface area contributed by atoms with Gasteiger partial charge in [0.25, 0.3) is 0 Å². The monoisotopic (exact) mass is 562 g/mol. The molecule has 32 heavy (non-hydrogen) atoms. The number of hydrogen-bond acceptors (Lipinski definition) is 9. The van der Waals surface area contributed by atoms with Gasteiger partial charge in [-0.05, 0) is 12.8 Å². The summed E-state index contributed by atoms with van der Waals surface area (Å²) in [6.07, 6.45) is 5.28. The molecule has 1 fully saturated rings. The highest BCUT2D eigenvalue weighted by Gasteiger charge is 2.44. The minimum atomic E-state index is -1.20. The van der Waals surface area contributed by atoms with E-state index in [1.165, 1.54) is 12.7 Å². The quantitative estimate of drug-likeness (QED) is 0.135. The molecule has 0 aliphatic carbocycles. The van der Waals surface area contributed by atoms with Crippen LogP contribution in [0.15, 0.2) is 12.7 Å². The molecule has 0 bridgehead atoms. The molecule has 0 saturated carbocycles. The Balaban J connectivity index is 1.42. The van der Waals surface area contributed by atoms with Crippen LogP contribution in [0.3, 0.4) is 0 Å². The Kier molecular flexibility index (Phi) is 9.84. The summed E-state index contributed by atoms with van der Waals surface area (Å²) in [7, 11) is 0. The minimum Gasteiger partial charge on any atom is -0.394 e. The smallest absolute Gasteiger partial charge is 0.229 e. The minimum absolute atomic E-state index is 0.0965. The molecule has 2 aromatic rings. The molecular formula is C20H31IN6O5. The van der Waals surface area contributed by atoms with Gasteiger partial charge in [0, 0.05) is 13.1 Å². The number of carbonyl (C=O) groups is 1. The first-order valence-electron chi connectivity index (χ1n) is 10.9. The van der Waals surface area contributed by atoms with Crippen molar-refractivity contribution >= 4 is 45.5 Å². The fourth-order valence-electron chi connectivity index (χ4n) is 3.72. The number of unbranched alkanes of at least 4 members (excludes halogenated alkanes) is 5. The summed E-state index contributed by atoms with van der Waals surface area (Å²) in [6.45, 7) is 1.11. The molecule has 1 unspecified atom stereocenters. The first-order chi connectivity index (χ1) is 15.6. The first kappa shape index (κ1) is 25.0. The molecule has 178 valence electrons. The van der Waals surface area contributed by atoms with Crippen molar-refractivity contribution in [1.82, 2.24) is 24.8 Å². The maximum Gasteiger partial charge on any atom is 0.229 e. The number of carbonyl (C=O) groups excluding carboxylic acids is 1. The predicted molar refractivity (Wildman–Crippen MR) is 126 cm³/mol. The van der Waals surface area contributed by atoms with Gasteiger partial charge >= 0.3 is 0 Å². The second-order valence-electron chi connectivity index (χ2n) is 7.81. The highest BCUT2D eigenvalue weighted by molar-refractivity contribution is 14.1. The number of nitrogens with zero attached hydrogens (tertiary/aromatic N) is 4. The Hall–Kier alpha value is -1.61. The number of ether oxygens (including phenoxy) is 1. The van der Waals surface area contributed by atoms with E-state index in [2.05, 4.69) is 48.2 Å². The van der Waals surface area contributed by atoms with Crippen LogP contribution >= 0.6 is 22.6 Å². The van der Waals surface area contributed by atoms with Gasteiger partial charge in [-0.3, -0.25) is 9.36 Å². The van der Waals surface area contributed by atoms with Crippen LogP contribution < -0.4 is 10.6 Å². The summed E-state index contributed by atoms with van der Waals surface area (Å²) in [4.78, 5) is 24.0. The zero-order valence-electron chi connectivity index (χ0n) is 17.9. The molecule has 2 aromatic heterocycles. The van der Waals surface area contributed by atoms with Crippen molar-refractivity contribution in [2.75, 3.05) is 29.4 Å². The summed E-state index contributed by atoms with van der Waals surface area (Å²) in [5, 5.41) is 35.8. The fraction of sp³-hybridized carbons (Fsp3) is 0.700. The molecule has 1 amide bonds. The van der Waals surface area contributed by atoms with E-state index < -0.39 is 31.1 Å². The Morgan fingerprint density at radius 3 is 2.47 bits per heavy atom. The van der Waals surface area contributed by atoms with Crippen molar-refractivity contribution in [3.05, 3.63) is 12.7 Å². The number of rotatable bonds is 13. The number of imidazole rings is 1. The van der Waals surface area contributed by atoms with Crippen molar-refractivity contribution in [3.8, 4) is 0 Å². The second kappa shape index (κ2) is 12.6. The van der Waals surface area contributed by atoms with E-state index in [4.69, 9.17) is 4.74 Å². The maximum atomic E-state index is 11.2. The molecule has 0 spiro atoms. The van der Waals surface area contributed by atoms with Gasteiger partial charge in [-0.15, -0.1) is 0 Å². The first-order valence-corrected chi connectivity index (χ1v) is 12.5. The number of nitrogens with one attached hydrogen (secondary N) is 2. The fourth-order valence-corrected chi connectivity index (χ4v) is 3.99. The third kappa shape index (κ3) is 6.25. The van der Waals surface area contributed by atoms with E-state index in [1.54, 1.807) is 4.57 Å². The van der Waals surface area contributed by atoms with Crippen LogP contribution in [-0.4, -0.2) is 83.2 Å². The van der Waals surface area contributed by atoms with Crippen molar-refractivity contribution in [2.24, 2.45) is 0 Å². The number of hydrogen-bond donors (Lipinski definition) is 5. The number of fused-ring (bicyclic) bond motifs is 1. The molecule has 0 radical (unpaired) electrons. The van der Waals surface area contributed by atoms with Gasteiger partial charge in [0.15, 0.2) is 23.2 Å². The molecule has 3 heterocycles. The van der Waals surface area contributed by atoms with Crippen LogP contribution in [0, 0.1) is 0 Å². The van der Waals surface area contributed by atoms with Crippen LogP contribution in [0.1, 0.15) is 44.8 Å². The average Bonchev–Trinajstić information content (AvgIpc) is 3.36. The predicted octanol–water partition coefficient (Wildman–Crippen LogP) is 0.741. The van der Waals surface area contributed by atoms with Gasteiger partial charge in [-0.25, -0.2) is 15.0 Å². The van der Waals surface area contributed by atoms with E-state index in [1.807, 2.05) is 0 Å². The topological polar surface area (TPSA) is 155 Å². The lowest BCUT2D eigenvalue weighted by molar-refractivity contribution is -0.118. The standard InChI is InChI=1S/C20H31IN6O5/c21-9-14(29)22-7-5-3-1-2-4-6-8-23-18-15-19(25-11-24-18)27(12-26-15)20-17(31)16(30)13(10-28)32-20/h11-13,16-17,20,28,30-31H,1-10H2,(H,22,29)(H,23,24,25)/t13-,16-,17-,20?/m1/s1. The molecule has 3 rings (SSSR count). The molecular weight excluding hydrogens is 531 g/mol. The molecule has 5 N–H and O–H groups in total. The Morgan fingerprint density at radius 1 is 1.06 bits per heavy atom. The van der Waals surface area contributed by atoms with E-state index in [0.717, 1.165) is 51.6 Å². The number of alkyl halides is 1. The van der Waals surface area contributed by atoms with Gasteiger partial charge in [0.1, 0.15) is 24.6 Å². The van der Waals surface area contributed by atoms with Crippen molar-refractivity contribution in [1.29, 1.82) is 0 Å². The van der Waals surface area contributed by atoms with Gasteiger partial charge in [0.2, 0.25) is 5.91 Å². The SMILES string of the molecule is O=C(CI)NCCCCCCCCNc1ncnc2c1ncn2C1O[C@H](CO)[C@@H](O)[C@H]1O. The molecule has 1 saturated heterocycles. The average molecular weight is 562 g/mol. The van der Waals surface area contributed by atoms with E-state index in [0.29, 0.717) is 21.4 Å². The molecule has 1 aliphatic heterocycles. The van der Waals surface area contributed by atoms with Crippen molar-refractivity contribution in [2.45, 2.75) is 63.1 Å². The van der Waals surface area contributed by atoms with Crippen LogP contribution in [0.5, 0.6) is 0 Å². The third-order valence-corrected chi connectivity index (χ3v) is 6.18. The molecule has 11 nitrogen and oxygen atoms in total. The molecule has 4 atom stereocenters. The van der Waals surface area contributed by atoms with E-state index in [-0.39, 0.29) is 5.91 Å². The number of halogens is 1. The normalized spacial score (nSPS) is 23.0. The lowest BCUT2D eigenvalue weighted by Crippen LogP contribution is -2.33. The van der Waals surface area contributed by atoms with E-state index >= 15 is 0 Å². The van der Waals surface area contributed by atoms with Crippen LogP contribution in [0.2, 0.25) is 0 Å². The third-order valence-electron chi connectivity index (χ3n) is 5.49. The van der Waals surface area contributed by atoms with Crippen molar-refractivity contribution < 1.29 is 24.9 Å². The maximum absolute atomic E-state index is 11.2. The summed E-state index contributed by atoms with van der Waals surface area (Å²) in [6, 6.07) is 0. The number of anilines is 1. The van der Waals surface area contributed by atoms with Crippen LogP contribution in [0.4, 0.5) is 5.82 Å². The zero-order chi connectivity index (χ0) is 22.9. The van der Waals surface area contributed by atoms with Crippen molar-refractivity contribution in [3.63, 3.8) is 0 Å². The lowest BCUT2D eigenvalue weighted by atomic mass is 10.1. The summed E-state index contributed by atoms with van der Waals surface area (Å²) in [5.41, 5.74) is 1.03. The molecule has 12 heteroatoms. The Bertz CT molecular complexity index is 868. The van der Waals surface area contributed by atoms with Gasteiger partial charge in [0.05, 0.1) is 17.4 Å². The zero-order valence-corrected chi connectivity index (χ0v) is 20.0. The number of aliphatic hydroxyl groups excluding tert-OH is 3. The number of amides is 1. The highest BCUT2D eigenvalue weighted by atomic mass is 127.